The van der Waals surface area contributed by atoms with Gasteiger partial charge in [-0.25, -0.2) is 4.79 Å². The molecule has 1 N–H and O–H groups in total. The predicted octanol–water partition coefficient (Wildman–Crippen LogP) is 3.23. The van der Waals surface area contributed by atoms with Gasteiger partial charge in [-0.05, 0) is 0 Å². The number of aromatic carboxylic acids is 1. The van der Waals surface area contributed by atoms with Crippen LogP contribution in [-0.4, -0.2) is 18.2 Å². The molecule has 0 spiro atoms. The molecule has 0 bridgehead atoms. The molecule has 0 fully saturated rings. The van der Waals surface area contributed by atoms with Gasteiger partial charge in [0.1, 0.15) is 21.7 Å². The fourth-order valence-corrected chi connectivity index (χ4v) is 2.01. The van der Waals surface area contributed by atoms with E-state index in [1.165, 1.54) is 7.11 Å². The van der Waals surface area contributed by atoms with Crippen molar-refractivity contribution in [3.05, 3.63) is 26.2 Å². The third-order valence-electron chi connectivity index (χ3n) is 1.81. The quantitative estimate of drug-likeness (QED) is 0.844. The summed E-state index contributed by atoms with van der Waals surface area (Å²) in [6.07, 6.45) is 0. The molecule has 16 heavy (non-hydrogen) atoms. The highest BCUT2D eigenvalue weighted by atomic mass is 35.5. The molecule has 0 aliphatic heterocycles. The number of carbonyl (C=O) groups is 1. The Morgan fingerprint density at radius 3 is 2.25 bits per heavy atom. The maximum Gasteiger partial charge on any atom is 0.338 e. The monoisotopic (exact) mass is 279 g/mol. The molecule has 1 aromatic rings. The lowest BCUT2D eigenvalue weighted by atomic mass is 10.1. The molecular formula is C9H4Cl3NO3. The molecule has 0 aliphatic carbocycles. The van der Waals surface area contributed by atoms with Gasteiger partial charge in [0.25, 0.3) is 0 Å². The van der Waals surface area contributed by atoms with Crippen molar-refractivity contribution in [3.63, 3.8) is 0 Å². The Hall–Kier alpha value is -1.15. The molecule has 7 heteroatoms. The fraction of sp³-hybridized carbons (Fsp3) is 0.111. The van der Waals surface area contributed by atoms with Crippen molar-refractivity contribution in [2.24, 2.45) is 0 Å². The summed E-state index contributed by atoms with van der Waals surface area (Å²) in [7, 11) is 1.26. The Bertz CT molecular complexity index is 504. The highest BCUT2D eigenvalue weighted by Crippen LogP contribution is 2.43. The largest absolute Gasteiger partial charge is 0.494 e. The van der Waals surface area contributed by atoms with Crippen molar-refractivity contribution in [2.45, 2.75) is 0 Å². The van der Waals surface area contributed by atoms with Gasteiger partial charge in [-0.3, -0.25) is 0 Å². The molecule has 84 valence electrons. The smallest absolute Gasteiger partial charge is 0.338 e. The molecule has 4 nitrogen and oxygen atoms in total. The first-order valence-electron chi connectivity index (χ1n) is 3.83. The van der Waals surface area contributed by atoms with E-state index in [-0.39, 0.29) is 26.4 Å². The second kappa shape index (κ2) is 4.79. The van der Waals surface area contributed by atoms with Crippen molar-refractivity contribution in [3.8, 4) is 11.8 Å². The Labute approximate surface area is 106 Å². The zero-order valence-electron chi connectivity index (χ0n) is 7.84. The number of hydrogen-bond acceptors (Lipinski definition) is 3. The fourth-order valence-electron chi connectivity index (χ4n) is 1.12. The van der Waals surface area contributed by atoms with Crippen molar-refractivity contribution >= 4 is 40.8 Å². The zero-order chi connectivity index (χ0) is 12.5. The average molecular weight is 280 g/mol. The van der Waals surface area contributed by atoms with Gasteiger partial charge >= 0.3 is 5.97 Å². The maximum absolute atomic E-state index is 10.9. The molecular weight excluding hydrogens is 276 g/mol. The van der Waals surface area contributed by atoms with Crippen LogP contribution in [0.4, 0.5) is 0 Å². The molecule has 0 saturated heterocycles. The van der Waals surface area contributed by atoms with Crippen LogP contribution in [0.25, 0.3) is 0 Å². The Morgan fingerprint density at radius 2 is 1.88 bits per heavy atom. The van der Waals surface area contributed by atoms with E-state index in [2.05, 4.69) is 0 Å². The van der Waals surface area contributed by atoms with Crippen LogP contribution >= 0.6 is 34.8 Å². The third kappa shape index (κ3) is 1.90. The molecule has 0 radical (unpaired) electrons. The standard InChI is InChI=1S/C9H4Cl3NO3/c1-16-8-6(11)4(9(14)15)3(2-13)5(10)7(8)12/h1H3,(H,14,15). The lowest BCUT2D eigenvalue weighted by Crippen LogP contribution is -2.04. The molecule has 0 heterocycles. The summed E-state index contributed by atoms with van der Waals surface area (Å²) in [6, 6.07) is 1.64. The van der Waals surface area contributed by atoms with Crippen LogP contribution in [0.1, 0.15) is 15.9 Å². The minimum atomic E-state index is -1.38. The number of hydrogen-bond donors (Lipinski definition) is 1. The molecule has 0 aromatic heterocycles. The van der Waals surface area contributed by atoms with Crippen molar-refractivity contribution in [1.82, 2.24) is 0 Å². The second-order valence-electron chi connectivity index (χ2n) is 2.64. The van der Waals surface area contributed by atoms with E-state index in [1.54, 1.807) is 6.07 Å². The molecule has 0 aliphatic rings. The van der Waals surface area contributed by atoms with E-state index < -0.39 is 11.5 Å². The van der Waals surface area contributed by atoms with Crippen LogP contribution in [0.5, 0.6) is 5.75 Å². The van der Waals surface area contributed by atoms with Gasteiger partial charge in [-0.15, -0.1) is 0 Å². The Morgan fingerprint density at radius 1 is 1.31 bits per heavy atom. The number of nitriles is 1. The lowest BCUT2D eigenvalue weighted by molar-refractivity contribution is 0.0696. The van der Waals surface area contributed by atoms with Gasteiger partial charge in [-0.1, -0.05) is 34.8 Å². The maximum atomic E-state index is 10.9. The lowest BCUT2D eigenvalue weighted by Gasteiger charge is -2.11. The van der Waals surface area contributed by atoms with Crippen molar-refractivity contribution in [2.75, 3.05) is 7.11 Å². The number of carboxylic acid groups (broad SMARTS) is 1. The summed E-state index contributed by atoms with van der Waals surface area (Å²) < 4.78 is 4.83. The number of rotatable bonds is 2. The summed E-state index contributed by atoms with van der Waals surface area (Å²) in [5.74, 6) is -1.44. The van der Waals surface area contributed by atoms with Crippen LogP contribution < -0.4 is 4.74 Å². The highest BCUT2D eigenvalue weighted by Gasteiger charge is 2.25. The van der Waals surface area contributed by atoms with Crippen LogP contribution in [-0.2, 0) is 0 Å². The Balaban J connectivity index is 3.80. The first-order valence-corrected chi connectivity index (χ1v) is 4.96. The van der Waals surface area contributed by atoms with Gasteiger partial charge in [0, 0.05) is 0 Å². The summed E-state index contributed by atoms with van der Waals surface area (Å²) in [5.41, 5.74) is -0.708. The van der Waals surface area contributed by atoms with E-state index in [4.69, 9.17) is 49.9 Å². The molecule has 0 unspecified atom stereocenters. The topological polar surface area (TPSA) is 70.3 Å². The minimum absolute atomic E-state index is 0.0651. The van der Waals surface area contributed by atoms with Gasteiger partial charge < -0.3 is 9.84 Å². The number of methoxy groups -OCH3 is 1. The van der Waals surface area contributed by atoms with Crippen molar-refractivity contribution < 1.29 is 14.6 Å². The molecule has 0 atom stereocenters. The number of carboxylic acids is 1. The zero-order valence-corrected chi connectivity index (χ0v) is 10.1. The molecule has 0 amide bonds. The van der Waals surface area contributed by atoms with Crippen molar-refractivity contribution in [1.29, 1.82) is 5.26 Å². The van der Waals surface area contributed by atoms with E-state index in [9.17, 15) is 4.79 Å². The van der Waals surface area contributed by atoms with E-state index in [0.717, 1.165) is 0 Å². The van der Waals surface area contributed by atoms with E-state index in [0.29, 0.717) is 0 Å². The SMILES string of the molecule is COc1c(Cl)c(Cl)c(C#N)c(C(=O)O)c1Cl. The van der Waals surface area contributed by atoms with Gasteiger partial charge in [0.05, 0.1) is 17.7 Å². The number of nitrogens with zero attached hydrogens (tertiary/aromatic N) is 1. The van der Waals surface area contributed by atoms with E-state index in [1.807, 2.05) is 0 Å². The number of benzene rings is 1. The minimum Gasteiger partial charge on any atom is -0.494 e. The first-order chi connectivity index (χ1) is 7.45. The number of halogens is 3. The molecule has 0 saturated carbocycles. The summed E-state index contributed by atoms with van der Waals surface area (Å²) >= 11 is 17.3. The van der Waals surface area contributed by atoms with E-state index >= 15 is 0 Å². The molecule has 1 aromatic carbocycles. The summed E-state index contributed by atoms with van der Waals surface area (Å²) in [6.45, 7) is 0. The van der Waals surface area contributed by atoms with Crippen LogP contribution in [0.2, 0.25) is 15.1 Å². The van der Waals surface area contributed by atoms with Crippen LogP contribution in [0, 0.1) is 11.3 Å². The van der Waals surface area contributed by atoms with Crippen LogP contribution in [0.15, 0.2) is 0 Å². The first kappa shape index (κ1) is 12.9. The highest BCUT2D eigenvalue weighted by molar-refractivity contribution is 6.46. The summed E-state index contributed by atoms with van der Waals surface area (Å²) in [4.78, 5) is 10.9. The number of ether oxygens (including phenoxy) is 1. The van der Waals surface area contributed by atoms with Gasteiger partial charge in [0.2, 0.25) is 0 Å². The molecule has 1 rings (SSSR count). The average Bonchev–Trinajstić information content (AvgIpc) is 2.23. The van der Waals surface area contributed by atoms with Crippen LogP contribution in [0.3, 0.4) is 0 Å². The third-order valence-corrected chi connectivity index (χ3v) is 3.01. The Kier molecular flexibility index (Phi) is 3.87. The predicted molar refractivity (Wildman–Crippen MR) is 59.7 cm³/mol. The van der Waals surface area contributed by atoms with Gasteiger partial charge in [0.15, 0.2) is 5.75 Å². The van der Waals surface area contributed by atoms with Gasteiger partial charge in [-0.2, -0.15) is 5.26 Å². The normalized spacial score (nSPS) is 9.69. The summed E-state index contributed by atoms with van der Waals surface area (Å²) in [5, 5.41) is 17.2. The second-order valence-corrected chi connectivity index (χ2v) is 3.78.